The monoisotopic (exact) mass is 346 g/mol. The van der Waals surface area contributed by atoms with Gasteiger partial charge in [0.2, 0.25) is 0 Å². The summed E-state index contributed by atoms with van der Waals surface area (Å²) in [5.74, 6) is 0.977. The first-order valence-corrected chi connectivity index (χ1v) is 7.99. The van der Waals surface area contributed by atoms with Gasteiger partial charge in [-0.1, -0.05) is 23.2 Å². The molecule has 0 radical (unpaired) electrons. The molecule has 1 N–H and O–H groups in total. The molecule has 21 heavy (non-hydrogen) atoms. The van der Waals surface area contributed by atoms with Gasteiger partial charge in [-0.15, -0.1) is 11.8 Å². The van der Waals surface area contributed by atoms with E-state index in [9.17, 15) is 9.50 Å². The summed E-state index contributed by atoms with van der Waals surface area (Å²) in [4.78, 5) is 1.01. The molecule has 0 aliphatic carbocycles. The van der Waals surface area contributed by atoms with Crippen molar-refractivity contribution in [2.45, 2.75) is 11.3 Å². The topological polar surface area (TPSA) is 29.5 Å². The van der Waals surface area contributed by atoms with Crippen molar-refractivity contribution >= 4 is 35.0 Å². The van der Waals surface area contributed by atoms with Crippen LogP contribution in [-0.4, -0.2) is 17.5 Å². The lowest BCUT2D eigenvalue weighted by Crippen LogP contribution is -1.99. The number of hydrogen-bond acceptors (Lipinski definition) is 3. The van der Waals surface area contributed by atoms with Crippen molar-refractivity contribution in [1.29, 1.82) is 0 Å². The molecule has 0 spiro atoms. The Morgan fingerprint density at radius 1 is 1.10 bits per heavy atom. The Morgan fingerprint density at radius 3 is 2.33 bits per heavy atom. The molecule has 0 saturated heterocycles. The lowest BCUT2D eigenvalue weighted by molar-refractivity contribution is 0.318. The van der Waals surface area contributed by atoms with Gasteiger partial charge < -0.3 is 9.84 Å². The molecule has 0 atom stereocenters. The standard InChI is InChI=1S/C15H13Cl2FO2S/c16-13-8-11(19)9-14(17)15(13)20-6-1-7-21-12-4-2-10(18)3-5-12/h2-5,8-9,19H,1,6-7H2. The van der Waals surface area contributed by atoms with Crippen LogP contribution in [0.4, 0.5) is 4.39 Å². The van der Waals surface area contributed by atoms with E-state index in [1.54, 1.807) is 23.9 Å². The Balaban J connectivity index is 1.76. The van der Waals surface area contributed by atoms with E-state index in [1.165, 1.54) is 24.3 Å². The normalized spacial score (nSPS) is 10.6. The van der Waals surface area contributed by atoms with E-state index < -0.39 is 0 Å². The fraction of sp³-hybridized carbons (Fsp3) is 0.200. The molecule has 0 amide bonds. The van der Waals surface area contributed by atoms with E-state index in [-0.39, 0.29) is 21.6 Å². The number of hydrogen-bond donors (Lipinski definition) is 1. The number of rotatable bonds is 6. The zero-order chi connectivity index (χ0) is 15.2. The molecular formula is C15H13Cl2FO2S. The molecule has 0 aliphatic rings. The first kappa shape index (κ1) is 16.3. The molecule has 112 valence electrons. The van der Waals surface area contributed by atoms with Crippen LogP contribution in [0.25, 0.3) is 0 Å². The first-order valence-electron chi connectivity index (χ1n) is 6.25. The molecule has 0 aliphatic heterocycles. The lowest BCUT2D eigenvalue weighted by Gasteiger charge is -2.10. The Morgan fingerprint density at radius 2 is 1.71 bits per heavy atom. The van der Waals surface area contributed by atoms with Crippen molar-refractivity contribution in [3.05, 3.63) is 52.3 Å². The predicted octanol–water partition coefficient (Wildman–Crippen LogP) is 5.40. The van der Waals surface area contributed by atoms with Crippen molar-refractivity contribution in [2.24, 2.45) is 0 Å². The highest BCUT2D eigenvalue weighted by Crippen LogP contribution is 2.36. The maximum atomic E-state index is 12.7. The summed E-state index contributed by atoms with van der Waals surface area (Å²) in [7, 11) is 0. The lowest BCUT2D eigenvalue weighted by atomic mass is 10.3. The molecule has 0 saturated carbocycles. The predicted molar refractivity (Wildman–Crippen MR) is 85.4 cm³/mol. The fourth-order valence-corrected chi connectivity index (χ4v) is 3.05. The molecule has 2 aromatic rings. The average Bonchev–Trinajstić information content (AvgIpc) is 2.43. The third kappa shape index (κ3) is 4.99. The number of ether oxygens (including phenoxy) is 1. The molecule has 0 bridgehead atoms. The molecule has 2 nitrogen and oxygen atoms in total. The van der Waals surface area contributed by atoms with Crippen LogP contribution in [0.15, 0.2) is 41.3 Å². The fourth-order valence-electron chi connectivity index (χ4n) is 1.64. The Labute approximate surface area is 136 Å². The van der Waals surface area contributed by atoms with E-state index >= 15 is 0 Å². The van der Waals surface area contributed by atoms with Crippen LogP contribution in [-0.2, 0) is 0 Å². The van der Waals surface area contributed by atoms with Crippen LogP contribution in [0.3, 0.4) is 0 Å². The molecule has 2 aromatic carbocycles. The van der Waals surface area contributed by atoms with Crippen molar-refractivity contribution < 1.29 is 14.2 Å². The van der Waals surface area contributed by atoms with Gasteiger partial charge in [0, 0.05) is 22.8 Å². The molecule has 0 fully saturated rings. The van der Waals surface area contributed by atoms with Crippen molar-refractivity contribution in [3.63, 3.8) is 0 Å². The summed E-state index contributed by atoms with van der Waals surface area (Å²) in [6.45, 7) is 0.457. The highest BCUT2D eigenvalue weighted by Gasteiger charge is 2.09. The Kier molecular flexibility index (Phi) is 6.03. The van der Waals surface area contributed by atoms with E-state index in [0.717, 1.165) is 17.1 Å². The SMILES string of the molecule is Oc1cc(Cl)c(OCCCSc2ccc(F)cc2)c(Cl)c1. The second kappa shape index (κ2) is 7.78. The molecule has 6 heteroatoms. The number of thioether (sulfide) groups is 1. The van der Waals surface area contributed by atoms with Gasteiger partial charge in [-0.05, 0) is 30.7 Å². The number of aromatic hydroxyl groups is 1. The summed E-state index contributed by atoms with van der Waals surface area (Å²) in [5, 5.41) is 9.89. The van der Waals surface area contributed by atoms with E-state index in [4.69, 9.17) is 27.9 Å². The quantitative estimate of drug-likeness (QED) is 0.560. The Hall–Kier alpha value is -1.10. The van der Waals surface area contributed by atoms with Crippen LogP contribution >= 0.6 is 35.0 Å². The van der Waals surface area contributed by atoms with Gasteiger partial charge in [0.1, 0.15) is 11.6 Å². The minimum atomic E-state index is -0.237. The summed E-state index contributed by atoms with van der Waals surface area (Å²) in [5.41, 5.74) is 0. The minimum absolute atomic E-state index is 0.00390. The van der Waals surface area contributed by atoms with Crippen molar-refractivity contribution in [3.8, 4) is 11.5 Å². The number of phenolic OH excluding ortho intramolecular Hbond substituents is 1. The third-order valence-electron chi connectivity index (χ3n) is 2.60. The summed E-state index contributed by atoms with van der Waals surface area (Å²) in [6.07, 6.45) is 0.787. The number of benzene rings is 2. The zero-order valence-electron chi connectivity index (χ0n) is 11.0. The second-order valence-corrected chi connectivity index (χ2v) is 6.23. The molecule has 0 unspecified atom stereocenters. The maximum Gasteiger partial charge on any atom is 0.156 e. The smallest absolute Gasteiger partial charge is 0.156 e. The second-order valence-electron chi connectivity index (χ2n) is 4.24. The van der Waals surface area contributed by atoms with E-state index in [0.29, 0.717) is 12.4 Å². The van der Waals surface area contributed by atoms with Gasteiger partial charge >= 0.3 is 0 Å². The molecular weight excluding hydrogens is 334 g/mol. The highest BCUT2D eigenvalue weighted by atomic mass is 35.5. The van der Waals surface area contributed by atoms with Gasteiger partial charge in [0.25, 0.3) is 0 Å². The minimum Gasteiger partial charge on any atom is -0.508 e. The zero-order valence-corrected chi connectivity index (χ0v) is 13.3. The van der Waals surface area contributed by atoms with Gasteiger partial charge in [-0.25, -0.2) is 4.39 Å². The van der Waals surface area contributed by atoms with Gasteiger partial charge in [0.05, 0.1) is 16.7 Å². The highest BCUT2D eigenvalue weighted by molar-refractivity contribution is 7.99. The third-order valence-corrected chi connectivity index (χ3v) is 4.26. The number of phenols is 1. The summed E-state index contributed by atoms with van der Waals surface area (Å²) >= 11 is 13.5. The molecule has 0 aromatic heterocycles. The van der Waals surface area contributed by atoms with Gasteiger partial charge in [0.15, 0.2) is 5.75 Å². The van der Waals surface area contributed by atoms with Crippen LogP contribution in [0.2, 0.25) is 10.0 Å². The van der Waals surface area contributed by atoms with Crippen LogP contribution in [0.1, 0.15) is 6.42 Å². The van der Waals surface area contributed by atoms with E-state index in [1.807, 2.05) is 0 Å². The van der Waals surface area contributed by atoms with Crippen molar-refractivity contribution in [2.75, 3.05) is 12.4 Å². The first-order chi connectivity index (χ1) is 10.1. The van der Waals surface area contributed by atoms with Crippen molar-refractivity contribution in [1.82, 2.24) is 0 Å². The largest absolute Gasteiger partial charge is 0.508 e. The number of halogens is 3. The van der Waals surface area contributed by atoms with E-state index in [2.05, 4.69) is 0 Å². The molecule has 2 rings (SSSR count). The van der Waals surface area contributed by atoms with Gasteiger partial charge in [-0.2, -0.15) is 0 Å². The summed E-state index contributed by atoms with van der Waals surface area (Å²) < 4.78 is 18.3. The van der Waals surface area contributed by atoms with Crippen LogP contribution in [0.5, 0.6) is 11.5 Å². The van der Waals surface area contributed by atoms with Crippen LogP contribution in [0, 0.1) is 5.82 Å². The Bertz CT molecular complexity index is 582. The summed E-state index contributed by atoms with van der Waals surface area (Å²) in [6, 6.07) is 9.14. The molecule has 0 heterocycles. The average molecular weight is 347 g/mol. The van der Waals surface area contributed by atoms with Crippen LogP contribution < -0.4 is 4.74 Å². The maximum absolute atomic E-state index is 12.7. The van der Waals surface area contributed by atoms with Gasteiger partial charge in [-0.3, -0.25) is 0 Å².